The average Bonchev–Trinajstić information content (AvgIpc) is 2.52. The Morgan fingerprint density at radius 1 is 0.958 bits per heavy atom. The molecule has 4 saturated carbocycles. The minimum atomic E-state index is -1.26. The van der Waals surface area contributed by atoms with Gasteiger partial charge in [-0.1, -0.05) is 12.0 Å². The lowest BCUT2D eigenvalue weighted by Crippen LogP contribution is -2.44. The van der Waals surface area contributed by atoms with E-state index in [0.29, 0.717) is 11.8 Å². The fraction of sp³-hybridized carbons (Fsp3) is 0.500. The molecule has 0 aliphatic heterocycles. The van der Waals surface area contributed by atoms with Crippen LogP contribution in [-0.2, 0) is 0 Å². The Labute approximate surface area is 140 Å². The molecule has 4 fully saturated rings. The molecular formula is C20H20O4. The van der Waals surface area contributed by atoms with E-state index in [2.05, 4.69) is 5.92 Å². The number of benzene rings is 1. The zero-order chi connectivity index (χ0) is 17.0. The Kier molecular flexibility index (Phi) is 3.42. The van der Waals surface area contributed by atoms with Gasteiger partial charge >= 0.3 is 11.9 Å². The van der Waals surface area contributed by atoms with Crippen LogP contribution in [-0.4, -0.2) is 22.2 Å². The van der Waals surface area contributed by atoms with Crippen LogP contribution in [0.1, 0.15) is 69.9 Å². The summed E-state index contributed by atoms with van der Waals surface area (Å²) < 4.78 is 0. The summed E-state index contributed by atoms with van der Waals surface area (Å²) in [7, 11) is 0. The molecule has 124 valence electrons. The maximum Gasteiger partial charge on any atom is 0.337 e. The van der Waals surface area contributed by atoms with Gasteiger partial charge in [0, 0.05) is 5.56 Å². The molecule has 0 radical (unpaired) electrons. The monoisotopic (exact) mass is 324 g/mol. The van der Waals surface area contributed by atoms with E-state index in [1.165, 1.54) is 38.2 Å². The lowest BCUT2D eigenvalue weighted by molar-refractivity contribution is -0.00290. The molecule has 4 aliphatic carbocycles. The van der Waals surface area contributed by atoms with E-state index in [9.17, 15) is 19.8 Å². The van der Waals surface area contributed by atoms with Crippen LogP contribution < -0.4 is 0 Å². The number of carboxylic acids is 2. The summed E-state index contributed by atoms with van der Waals surface area (Å²) >= 11 is 0. The highest BCUT2D eigenvalue weighted by Gasteiger charge is 2.49. The highest BCUT2D eigenvalue weighted by molar-refractivity contribution is 6.04. The molecule has 0 saturated heterocycles. The number of carbonyl (C=O) groups is 2. The normalized spacial score (nSPS) is 33.2. The Morgan fingerprint density at radius 3 is 2.00 bits per heavy atom. The minimum Gasteiger partial charge on any atom is -0.478 e. The zero-order valence-corrected chi connectivity index (χ0v) is 13.4. The average molecular weight is 324 g/mol. The van der Waals surface area contributed by atoms with Gasteiger partial charge in [-0.2, -0.15) is 0 Å². The first-order chi connectivity index (χ1) is 11.5. The lowest BCUT2D eigenvalue weighted by Gasteiger charge is -2.54. The van der Waals surface area contributed by atoms with Crippen LogP contribution in [0, 0.1) is 36.0 Å². The Morgan fingerprint density at radius 2 is 1.54 bits per heavy atom. The van der Waals surface area contributed by atoms with E-state index in [-0.39, 0.29) is 22.6 Å². The van der Waals surface area contributed by atoms with Crippen molar-refractivity contribution in [2.45, 2.75) is 38.0 Å². The first-order valence-electron chi connectivity index (χ1n) is 8.59. The predicted octanol–water partition coefficient (Wildman–Crippen LogP) is 3.60. The molecule has 2 N–H and O–H groups in total. The Bertz CT molecular complexity index is 743. The van der Waals surface area contributed by atoms with Gasteiger partial charge in [0.25, 0.3) is 0 Å². The lowest BCUT2D eigenvalue weighted by atomic mass is 9.50. The molecule has 0 amide bonds. The van der Waals surface area contributed by atoms with Gasteiger partial charge in [-0.3, -0.25) is 0 Å². The summed E-state index contributed by atoms with van der Waals surface area (Å²) in [6.07, 6.45) is 11.8. The molecule has 4 bridgehead atoms. The molecule has 4 heteroatoms. The summed E-state index contributed by atoms with van der Waals surface area (Å²) in [5, 5.41) is 18.8. The highest BCUT2D eigenvalue weighted by Crippen LogP contribution is 2.60. The van der Waals surface area contributed by atoms with E-state index in [1.807, 2.05) is 0 Å². The van der Waals surface area contributed by atoms with Crippen molar-refractivity contribution in [2.24, 2.45) is 23.7 Å². The molecule has 1 aromatic rings. The van der Waals surface area contributed by atoms with Gasteiger partial charge in [-0.05, 0) is 73.3 Å². The molecule has 1 aromatic carbocycles. The van der Waals surface area contributed by atoms with Crippen molar-refractivity contribution in [3.05, 3.63) is 34.4 Å². The number of hydrogen-bond donors (Lipinski definition) is 2. The topological polar surface area (TPSA) is 74.6 Å². The predicted molar refractivity (Wildman–Crippen MR) is 88.1 cm³/mol. The van der Waals surface area contributed by atoms with Crippen LogP contribution in [0.5, 0.6) is 0 Å². The van der Waals surface area contributed by atoms with E-state index >= 15 is 0 Å². The molecule has 0 heterocycles. The van der Waals surface area contributed by atoms with Crippen molar-refractivity contribution in [3.63, 3.8) is 0 Å². The molecule has 5 rings (SSSR count). The standard InChI is InChI=1S/C20H20O4/c1-2-14-15(3-4-16(19(21)22)18(14)20(23)24)17-12-6-10-5-11(8-12)9-13(17)7-10/h1,3-4,10-13,17H,5-9H2,(H,21,22)(H,23,24). The zero-order valence-electron chi connectivity index (χ0n) is 13.4. The van der Waals surface area contributed by atoms with Crippen LogP contribution in [0.3, 0.4) is 0 Å². The van der Waals surface area contributed by atoms with E-state index < -0.39 is 11.9 Å². The molecule has 0 unspecified atom stereocenters. The van der Waals surface area contributed by atoms with Gasteiger partial charge < -0.3 is 10.2 Å². The van der Waals surface area contributed by atoms with Crippen LogP contribution >= 0.6 is 0 Å². The molecule has 24 heavy (non-hydrogen) atoms. The molecule has 4 nitrogen and oxygen atoms in total. The molecule has 4 aliphatic rings. The molecule has 0 atom stereocenters. The van der Waals surface area contributed by atoms with Crippen molar-refractivity contribution in [3.8, 4) is 12.3 Å². The first-order valence-corrected chi connectivity index (χ1v) is 8.59. The summed E-state index contributed by atoms with van der Waals surface area (Å²) in [6, 6.07) is 3.20. The van der Waals surface area contributed by atoms with Crippen molar-refractivity contribution < 1.29 is 19.8 Å². The second-order valence-electron chi connectivity index (χ2n) is 7.66. The van der Waals surface area contributed by atoms with Gasteiger partial charge in [0.15, 0.2) is 0 Å². The number of hydrogen-bond acceptors (Lipinski definition) is 2. The molecule has 0 spiro atoms. The van der Waals surface area contributed by atoms with Crippen molar-refractivity contribution in [1.82, 2.24) is 0 Å². The van der Waals surface area contributed by atoms with Gasteiger partial charge in [-0.25, -0.2) is 9.59 Å². The number of terminal acetylenes is 1. The van der Waals surface area contributed by atoms with Gasteiger partial charge in [0.2, 0.25) is 0 Å². The number of carboxylic acid groups (broad SMARTS) is 2. The Balaban J connectivity index is 1.84. The largest absolute Gasteiger partial charge is 0.478 e. The van der Waals surface area contributed by atoms with E-state index in [0.717, 1.165) is 17.4 Å². The van der Waals surface area contributed by atoms with Crippen molar-refractivity contribution >= 4 is 11.9 Å². The minimum absolute atomic E-state index is 0.219. The summed E-state index contributed by atoms with van der Waals surface area (Å²) in [6.45, 7) is 0. The Hall–Kier alpha value is -2.28. The smallest absolute Gasteiger partial charge is 0.337 e. The highest BCUT2D eigenvalue weighted by atomic mass is 16.4. The summed E-state index contributed by atoms with van der Waals surface area (Å²) in [5.41, 5.74) is 0.716. The summed E-state index contributed by atoms with van der Waals surface area (Å²) in [4.78, 5) is 23.1. The number of rotatable bonds is 3. The third-order valence-corrected chi connectivity index (χ3v) is 6.41. The maximum absolute atomic E-state index is 11.7. The van der Waals surface area contributed by atoms with Gasteiger partial charge in [-0.15, -0.1) is 6.42 Å². The fourth-order valence-corrected chi connectivity index (χ4v) is 5.89. The van der Waals surface area contributed by atoms with E-state index in [1.54, 1.807) is 6.07 Å². The quantitative estimate of drug-likeness (QED) is 0.833. The van der Waals surface area contributed by atoms with E-state index in [4.69, 9.17) is 6.42 Å². The SMILES string of the molecule is C#Cc1c(C2C3CC4CC(C3)CC2C4)ccc(C(=O)O)c1C(=O)O. The van der Waals surface area contributed by atoms with Crippen molar-refractivity contribution in [1.29, 1.82) is 0 Å². The van der Waals surface area contributed by atoms with Crippen LogP contribution in [0.2, 0.25) is 0 Å². The summed E-state index contributed by atoms with van der Waals surface area (Å²) in [5.74, 6) is 3.03. The van der Waals surface area contributed by atoms with Crippen molar-refractivity contribution in [2.75, 3.05) is 0 Å². The fourth-order valence-electron chi connectivity index (χ4n) is 5.89. The third-order valence-electron chi connectivity index (χ3n) is 6.41. The first kappa shape index (κ1) is 15.3. The van der Waals surface area contributed by atoms with Gasteiger partial charge in [0.1, 0.15) is 0 Å². The maximum atomic E-state index is 11.7. The second-order valence-corrected chi connectivity index (χ2v) is 7.66. The second kappa shape index (κ2) is 5.37. The van der Waals surface area contributed by atoms with Crippen LogP contribution in [0.4, 0.5) is 0 Å². The third kappa shape index (κ3) is 2.15. The van der Waals surface area contributed by atoms with Crippen LogP contribution in [0.25, 0.3) is 0 Å². The number of aromatic carboxylic acids is 2. The van der Waals surface area contributed by atoms with Crippen LogP contribution in [0.15, 0.2) is 12.1 Å². The molecule has 0 aromatic heterocycles. The molecular weight excluding hydrogens is 304 g/mol. The van der Waals surface area contributed by atoms with Gasteiger partial charge in [0.05, 0.1) is 11.1 Å².